The summed E-state index contributed by atoms with van der Waals surface area (Å²) in [5, 5.41) is 0. The summed E-state index contributed by atoms with van der Waals surface area (Å²) in [5.41, 5.74) is 0. The van der Waals surface area contributed by atoms with Crippen molar-refractivity contribution in [2.45, 2.75) is 6.92 Å². The number of aliphatic imine (C=N–C) groups is 1. The van der Waals surface area contributed by atoms with Crippen LogP contribution in [0, 0.1) is 0 Å². The van der Waals surface area contributed by atoms with Crippen molar-refractivity contribution < 1.29 is 0 Å². The molecule has 0 bridgehead atoms. The lowest BCUT2D eigenvalue weighted by atomic mass is 10.7. The topological polar surface area (TPSA) is 15.6 Å². The van der Waals surface area contributed by atoms with Crippen LogP contribution in [-0.2, 0) is 0 Å². The van der Waals surface area contributed by atoms with E-state index in [0.29, 0.717) is 0 Å². The molecule has 0 spiro atoms. The molecule has 0 fully saturated rings. The van der Waals surface area contributed by atoms with E-state index in [-0.39, 0.29) is 0 Å². The molecule has 0 aromatic rings. The highest BCUT2D eigenvalue weighted by Gasteiger charge is 2.04. The van der Waals surface area contributed by atoms with Gasteiger partial charge in [-0.25, -0.2) is 0 Å². The molecule has 1 aliphatic heterocycles. The van der Waals surface area contributed by atoms with Gasteiger partial charge in [-0.3, -0.25) is 0 Å². The van der Waals surface area contributed by atoms with E-state index in [0.717, 1.165) is 6.54 Å². The smallest absolute Gasteiger partial charge is 0.174 e. The summed E-state index contributed by atoms with van der Waals surface area (Å²) in [4.78, 5) is 5.62. The Bertz CT molecular complexity index is 92.6. The van der Waals surface area contributed by atoms with Crippen molar-refractivity contribution in [2.24, 2.45) is 4.99 Å². The molecule has 0 aliphatic carbocycles. The van der Waals surface area contributed by atoms with Gasteiger partial charge >= 0.3 is 0 Å². The molecule has 0 aromatic heterocycles. The maximum atomic E-state index is 3.73. The van der Waals surface area contributed by atoms with Gasteiger partial charge in [0.2, 0.25) is 6.20 Å². The van der Waals surface area contributed by atoms with Crippen molar-refractivity contribution in [2.75, 3.05) is 6.54 Å². The van der Waals surface area contributed by atoms with Crippen LogP contribution in [0.4, 0.5) is 0 Å². The first kappa shape index (κ1) is 4.28. The van der Waals surface area contributed by atoms with Crippen LogP contribution in [0.1, 0.15) is 6.92 Å². The largest absolute Gasteiger partial charge is 0.255 e. The van der Waals surface area contributed by atoms with E-state index in [2.05, 4.69) is 18.3 Å². The zero-order valence-corrected chi connectivity index (χ0v) is 4.26. The summed E-state index contributed by atoms with van der Waals surface area (Å²) in [6.45, 7) is 3.01. The third-order valence-electron chi connectivity index (χ3n) is 0.848. The van der Waals surface area contributed by atoms with Gasteiger partial charge in [-0.2, -0.15) is 4.90 Å². The molecule has 1 rings (SSSR count). The molecule has 0 amide bonds. The Morgan fingerprint density at radius 3 is 3.00 bits per heavy atom. The Kier molecular flexibility index (Phi) is 1.05. The molecule has 2 nitrogen and oxygen atoms in total. The second-order valence-electron chi connectivity index (χ2n) is 1.31. The molecule has 0 saturated heterocycles. The van der Waals surface area contributed by atoms with Crippen LogP contribution >= 0.6 is 0 Å². The summed E-state index contributed by atoms with van der Waals surface area (Å²) in [6.07, 6.45) is 6.37. The predicted octanol–water partition coefficient (Wildman–Crippen LogP) is 0.698. The van der Waals surface area contributed by atoms with Gasteiger partial charge in [0.15, 0.2) is 6.20 Å². The van der Waals surface area contributed by atoms with Crippen LogP contribution in [0.3, 0.4) is 0 Å². The van der Waals surface area contributed by atoms with Crippen LogP contribution in [0.15, 0.2) is 17.4 Å². The molecular formula is C5H7N2+. The van der Waals surface area contributed by atoms with E-state index in [4.69, 9.17) is 0 Å². The van der Waals surface area contributed by atoms with Gasteiger partial charge in [0.05, 0.1) is 6.54 Å². The standard InChI is InChI=1S/C5H7N2/c1-2-7-4-3-6-5-7/h3-4H,2H2,1H3/q+1. The Labute approximate surface area is 43.2 Å². The van der Waals surface area contributed by atoms with Crippen LogP contribution in [0.5, 0.6) is 0 Å². The van der Waals surface area contributed by atoms with Crippen LogP contribution in [0.25, 0.3) is 0 Å². The van der Waals surface area contributed by atoms with Crippen molar-refractivity contribution in [3.05, 3.63) is 12.4 Å². The molecule has 1 aliphatic rings. The second kappa shape index (κ2) is 1.71. The minimum absolute atomic E-state index is 0.958. The second-order valence-corrected chi connectivity index (χ2v) is 1.31. The van der Waals surface area contributed by atoms with Gasteiger partial charge in [-0.1, -0.05) is 0 Å². The quantitative estimate of drug-likeness (QED) is 0.438. The molecular weight excluding hydrogens is 88.1 g/mol. The minimum atomic E-state index is 0.958. The van der Waals surface area contributed by atoms with Crippen molar-refractivity contribution >= 4 is 6.34 Å². The number of hydrogen-bond acceptors (Lipinski definition) is 2. The Morgan fingerprint density at radius 1 is 1.86 bits per heavy atom. The van der Waals surface area contributed by atoms with E-state index in [1.54, 1.807) is 6.20 Å². The zero-order chi connectivity index (χ0) is 5.11. The summed E-state index contributed by atoms with van der Waals surface area (Å²) >= 11 is 0. The normalized spacial score (nSPS) is 15.3. The Balaban J connectivity index is 2.44. The average Bonchev–Trinajstić information content (AvgIpc) is 2.14. The summed E-state index contributed by atoms with van der Waals surface area (Å²) in [6, 6.07) is 0. The van der Waals surface area contributed by atoms with E-state index in [1.807, 2.05) is 11.1 Å². The van der Waals surface area contributed by atoms with Crippen molar-refractivity contribution in [1.29, 1.82) is 0 Å². The Morgan fingerprint density at radius 2 is 2.71 bits per heavy atom. The SMILES string of the molecule is CCN1[C+]=NC=C1. The van der Waals surface area contributed by atoms with Gasteiger partial charge in [-0.05, 0) is 11.9 Å². The first-order valence-corrected chi connectivity index (χ1v) is 2.32. The van der Waals surface area contributed by atoms with Gasteiger partial charge < -0.3 is 0 Å². The van der Waals surface area contributed by atoms with Crippen molar-refractivity contribution in [1.82, 2.24) is 4.90 Å². The lowest BCUT2D eigenvalue weighted by Gasteiger charge is -1.90. The van der Waals surface area contributed by atoms with Crippen molar-refractivity contribution in [3.8, 4) is 0 Å². The lowest BCUT2D eigenvalue weighted by molar-refractivity contribution is 0.618. The maximum absolute atomic E-state index is 3.73. The molecule has 1 heterocycles. The predicted molar refractivity (Wildman–Crippen MR) is 29.0 cm³/mol. The monoisotopic (exact) mass is 95.1 g/mol. The highest BCUT2D eigenvalue weighted by molar-refractivity contribution is 5.59. The summed E-state index contributed by atoms with van der Waals surface area (Å²) < 4.78 is 0. The molecule has 0 saturated carbocycles. The van der Waals surface area contributed by atoms with Crippen molar-refractivity contribution in [3.63, 3.8) is 0 Å². The summed E-state index contributed by atoms with van der Waals surface area (Å²) in [7, 11) is 0. The molecule has 0 aromatic carbocycles. The molecule has 0 atom stereocenters. The van der Waals surface area contributed by atoms with Gasteiger partial charge in [0.1, 0.15) is 0 Å². The number of rotatable bonds is 1. The lowest BCUT2D eigenvalue weighted by Crippen LogP contribution is -2.09. The molecule has 0 N–H and O–H groups in total. The highest BCUT2D eigenvalue weighted by atomic mass is 15.2. The fraction of sp³-hybridized carbons (Fsp3) is 0.400. The fourth-order valence-electron chi connectivity index (χ4n) is 0.431. The molecule has 0 radical (unpaired) electrons. The molecule has 36 valence electrons. The first-order valence-electron chi connectivity index (χ1n) is 2.32. The van der Waals surface area contributed by atoms with Gasteiger partial charge in [0.25, 0.3) is 6.34 Å². The molecule has 0 unspecified atom stereocenters. The van der Waals surface area contributed by atoms with Gasteiger partial charge in [0, 0.05) is 0 Å². The van der Waals surface area contributed by atoms with E-state index < -0.39 is 0 Å². The molecule has 7 heavy (non-hydrogen) atoms. The fourth-order valence-corrected chi connectivity index (χ4v) is 0.431. The van der Waals surface area contributed by atoms with E-state index >= 15 is 0 Å². The zero-order valence-electron chi connectivity index (χ0n) is 4.26. The van der Waals surface area contributed by atoms with Gasteiger partial charge in [-0.15, -0.1) is 0 Å². The third kappa shape index (κ3) is 0.756. The average molecular weight is 95.1 g/mol. The highest BCUT2D eigenvalue weighted by Crippen LogP contribution is 1.91. The first-order chi connectivity index (χ1) is 3.43. The third-order valence-corrected chi connectivity index (χ3v) is 0.848. The molecule has 2 heteroatoms. The van der Waals surface area contributed by atoms with E-state index in [9.17, 15) is 0 Å². The van der Waals surface area contributed by atoms with Crippen LogP contribution in [-0.4, -0.2) is 17.8 Å². The van der Waals surface area contributed by atoms with Crippen LogP contribution in [0.2, 0.25) is 0 Å². The number of hydrogen-bond donors (Lipinski definition) is 0. The summed E-state index contributed by atoms with van der Waals surface area (Å²) in [5.74, 6) is 0. The van der Waals surface area contributed by atoms with Crippen LogP contribution < -0.4 is 0 Å². The van der Waals surface area contributed by atoms with E-state index in [1.165, 1.54) is 0 Å². The number of nitrogens with zero attached hydrogens (tertiary/aromatic N) is 2. The maximum Gasteiger partial charge on any atom is 0.255 e. The Hall–Kier alpha value is -0.880. The minimum Gasteiger partial charge on any atom is -0.174 e.